The van der Waals surface area contributed by atoms with Crippen molar-refractivity contribution in [2.24, 2.45) is 0 Å². The Balaban J connectivity index is 2.97. The van der Waals surface area contributed by atoms with Crippen molar-refractivity contribution in [1.82, 2.24) is 0 Å². The van der Waals surface area contributed by atoms with Gasteiger partial charge in [-0.3, -0.25) is 10.1 Å². The first-order valence-corrected chi connectivity index (χ1v) is 6.71. The maximum absolute atomic E-state index is 10.4. The third-order valence-electron chi connectivity index (χ3n) is 1.75. The third-order valence-corrected chi connectivity index (χ3v) is 3.35. The summed E-state index contributed by atoms with van der Waals surface area (Å²) < 4.78 is 6.53. The Labute approximate surface area is 129 Å². The van der Waals surface area contributed by atoms with E-state index in [1.54, 1.807) is 12.1 Å². The largest absolute Gasteiger partial charge is 0.480 e. The molecule has 0 spiro atoms. The van der Waals surface area contributed by atoms with Gasteiger partial charge in [0.25, 0.3) is 0 Å². The van der Waals surface area contributed by atoms with Crippen molar-refractivity contribution >= 4 is 57.2 Å². The Hall–Kier alpha value is -0.910. The molecular weight excluding hydrogens is 468 g/mol. The highest BCUT2D eigenvalue weighted by atomic mass is 127. The average molecular weight is 475 g/mol. The second-order valence-electron chi connectivity index (χ2n) is 3.10. The third kappa shape index (κ3) is 4.76. The van der Waals surface area contributed by atoms with Gasteiger partial charge in [0.15, 0.2) is 6.61 Å². The van der Waals surface area contributed by atoms with Gasteiger partial charge in [0.2, 0.25) is 6.20 Å². The van der Waals surface area contributed by atoms with E-state index in [0.717, 1.165) is 6.20 Å². The van der Waals surface area contributed by atoms with Crippen molar-refractivity contribution in [2.75, 3.05) is 6.61 Å². The number of aliphatic carboxylic acids is 1. The lowest BCUT2D eigenvalue weighted by molar-refractivity contribution is -0.400. The molecule has 0 fully saturated rings. The normalized spacial score (nSPS) is 10.6. The molecule has 0 radical (unpaired) electrons. The summed E-state index contributed by atoms with van der Waals surface area (Å²) >= 11 is 3.98. The highest BCUT2D eigenvalue weighted by Gasteiger charge is 2.10. The molecule has 1 rings (SSSR count). The summed E-state index contributed by atoms with van der Waals surface area (Å²) in [7, 11) is 0. The zero-order chi connectivity index (χ0) is 13.7. The van der Waals surface area contributed by atoms with Gasteiger partial charge in [0.05, 0.1) is 12.1 Å². The van der Waals surface area contributed by atoms with E-state index in [4.69, 9.17) is 9.84 Å². The van der Waals surface area contributed by atoms with Crippen molar-refractivity contribution in [3.05, 3.63) is 41.2 Å². The topological polar surface area (TPSA) is 89.7 Å². The fourth-order valence-corrected chi connectivity index (χ4v) is 3.22. The van der Waals surface area contributed by atoms with E-state index < -0.39 is 17.5 Å². The van der Waals surface area contributed by atoms with Crippen LogP contribution >= 0.6 is 45.2 Å². The van der Waals surface area contributed by atoms with Crippen LogP contribution in [0.25, 0.3) is 6.08 Å². The SMILES string of the molecule is O=C(O)COc1c(I)cc(/C=C/[N+](=O)[O-])cc1I. The molecule has 0 saturated carbocycles. The number of carboxylic acids is 1. The van der Waals surface area contributed by atoms with Gasteiger partial charge >= 0.3 is 5.97 Å². The number of halogens is 2. The predicted molar refractivity (Wildman–Crippen MR) is 81.0 cm³/mol. The molecule has 1 aromatic rings. The molecule has 96 valence electrons. The van der Waals surface area contributed by atoms with Crippen molar-refractivity contribution < 1.29 is 19.6 Å². The quantitative estimate of drug-likeness (QED) is 0.402. The molecular formula is C10H7I2NO5. The van der Waals surface area contributed by atoms with Crippen LogP contribution in [0.1, 0.15) is 5.56 Å². The lowest BCUT2D eigenvalue weighted by Crippen LogP contribution is -2.11. The molecule has 1 aromatic carbocycles. The first kappa shape index (κ1) is 15.1. The number of carbonyl (C=O) groups is 1. The maximum atomic E-state index is 10.4. The molecule has 0 aliphatic rings. The molecule has 0 unspecified atom stereocenters. The van der Waals surface area contributed by atoms with E-state index in [9.17, 15) is 14.9 Å². The number of nitrogens with zero attached hydrogens (tertiary/aromatic N) is 1. The van der Waals surface area contributed by atoms with Gasteiger partial charge < -0.3 is 9.84 Å². The van der Waals surface area contributed by atoms with E-state index >= 15 is 0 Å². The minimum absolute atomic E-state index is 0.421. The van der Waals surface area contributed by atoms with Crippen LogP contribution in [0.5, 0.6) is 5.75 Å². The highest BCUT2D eigenvalue weighted by Crippen LogP contribution is 2.29. The van der Waals surface area contributed by atoms with E-state index in [1.807, 2.05) is 45.2 Å². The predicted octanol–water partition coefficient (Wildman–Crippen LogP) is 2.61. The molecule has 0 saturated heterocycles. The van der Waals surface area contributed by atoms with Gasteiger partial charge in [0, 0.05) is 6.08 Å². The fourth-order valence-electron chi connectivity index (χ4n) is 1.09. The molecule has 0 amide bonds. The second-order valence-corrected chi connectivity index (χ2v) is 5.42. The van der Waals surface area contributed by atoms with Crippen molar-refractivity contribution in [1.29, 1.82) is 0 Å². The Morgan fingerprint density at radius 1 is 1.44 bits per heavy atom. The van der Waals surface area contributed by atoms with Gasteiger partial charge in [-0.25, -0.2) is 4.79 Å². The van der Waals surface area contributed by atoms with E-state index in [2.05, 4.69) is 0 Å². The van der Waals surface area contributed by atoms with Crippen LogP contribution < -0.4 is 4.74 Å². The monoisotopic (exact) mass is 475 g/mol. The van der Waals surface area contributed by atoms with Crippen molar-refractivity contribution in [2.45, 2.75) is 0 Å². The van der Waals surface area contributed by atoms with E-state index in [-0.39, 0.29) is 0 Å². The number of rotatable bonds is 5. The summed E-state index contributed by atoms with van der Waals surface area (Å²) in [6.45, 7) is -0.421. The lowest BCUT2D eigenvalue weighted by atomic mass is 10.2. The summed E-state index contributed by atoms with van der Waals surface area (Å²) in [5, 5.41) is 18.8. The highest BCUT2D eigenvalue weighted by molar-refractivity contribution is 14.1. The van der Waals surface area contributed by atoms with Crippen LogP contribution in [0.4, 0.5) is 0 Å². The average Bonchev–Trinajstić information content (AvgIpc) is 2.24. The standard InChI is InChI=1S/C10H7I2NO5/c11-7-3-6(1-2-13(16)17)4-8(12)10(7)18-5-9(14)15/h1-4H,5H2,(H,14,15)/b2-1+. The van der Waals surface area contributed by atoms with Crippen molar-refractivity contribution in [3.8, 4) is 5.75 Å². The molecule has 8 heteroatoms. The van der Waals surface area contributed by atoms with Crippen LogP contribution in [0.15, 0.2) is 18.3 Å². The van der Waals surface area contributed by atoms with Gasteiger partial charge in [-0.1, -0.05) is 0 Å². The second kappa shape index (κ2) is 6.87. The fraction of sp³-hybridized carbons (Fsp3) is 0.100. The van der Waals surface area contributed by atoms with Crippen LogP contribution in [-0.4, -0.2) is 22.6 Å². The van der Waals surface area contributed by atoms with Crippen LogP contribution in [0.2, 0.25) is 0 Å². The van der Waals surface area contributed by atoms with Crippen LogP contribution in [0.3, 0.4) is 0 Å². The Morgan fingerprint density at radius 2 is 2.00 bits per heavy atom. The number of hydrogen-bond donors (Lipinski definition) is 1. The number of benzene rings is 1. The summed E-state index contributed by atoms with van der Waals surface area (Å²) in [6.07, 6.45) is 2.21. The van der Waals surface area contributed by atoms with E-state index in [1.165, 1.54) is 6.08 Å². The molecule has 0 aromatic heterocycles. The minimum Gasteiger partial charge on any atom is -0.480 e. The molecule has 0 bridgehead atoms. The van der Waals surface area contributed by atoms with Gasteiger partial charge in [-0.05, 0) is 62.9 Å². The molecule has 6 nitrogen and oxygen atoms in total. The number of carboxylic acid groups (broad SMARTS) is 1. The first-order chi connectivity index (χ1) is 8.40. The molecule has 1 N–H and O–H groups in total. The Morgan fingerprint density at radius 3 is 2.44 bits per heavy atom. The summed E-state index contributed by atoms with van der Waals surface area (Å²) in [5.74, 6) is -0.587. The van der Waals surface area contributed by atoms with Crippen molar-refractivity contribution in [3.63, 3.8) is 0 Å². The molecule has 0 aliphatic carbocycles. The van der Waals surface area contributed by atoms with Gasteiger partial charge in [-0.15, -0.1) is 0 Å². The van der Waals surface area contributed by atoms with Crippen LogP contribution in [-0.2, 0) is 4.79 Å². The molecule has 18 heavy (non-hydrogen) atoms. The summed E-state index contributed by atoms with van der Waals surface area (Å²) in [6, 6.07) is 3.36. The Kier molecular flexibility index (Phi) is 5.78. The molecule has 0 atom stereocenters. The van der Waals surface area contributed by atoms with E-state index in [0.29, 0.717) is 18.5 Å². The van der Waals surface area contributed by atoms with Crippen LogP contribution in [0, 0.1) is 17.3 Å². The summed E-state index contributed by atoms with van der Waals surface area (Å²) in [5.41, 5.74) is 0.656. The lowest BCUT2D eigenvalue weighted by Gasteiger charge is -2.09. The smallest absolute Gasteiger partial charge is 0.341 e. The zero-order valence-electron chi connectivity index (χ0n) is 8.80. The number of hydrogen-bond acceptors (Lipinski definition) is 4. The molecule has 0 heterocycles. The minimum atomic E-state index is -1.06. The maximum Gasteiger partial charge on any atom is 0.341 e. The van der Waals surface area contributed by atoms with Gasteiger partial charge in [0.1, 0.15) is 5.75 Å². The van der Waals surface area contributed by atoms with Gasteiger partial charge in [-0.2, -0.15) is 0 Å². The number of nitro groups is 1. The summed E-state index contributed by atoms with van der Waals surface area (Å²) in [4.78, 5) is 20.1. The Bertz CT molecular complexity index is 492. The molecule has 0 aliphatic heterocycles. The zero-order valence-corrected chi connectivity index (χ0v) is 13.1. The first-order valence-electron chi connectivity index (χ1n) is 4.55. The number of ether oxygens (including phenoxy) is 1.